The van der Waals surface area contributed by atoms with Gasteiger partial charge in [0.15, 0.2) is 0 Å². The Balaban J connectivity index is 2.05. The Bertz CT molecular complexity index is 364. The van der Waals surface area contributed by atoms with E-state index in [4.69, 9.17) is 9.47 Å². The van der Waals surface area contributed by atoms with Gasteiger partial charge < -0.3 is 24.4 Å². The van der Waals surface area contributed by atoms with Crippen LogP contribution in [0.4, 0.5) is 4.79 Å². The van der Waals surface area contributed by atoms with E-state index >= 15 is 0 Å². The van der Waals surface area contributed by atoms with Crippen molar-refractivity contribution in [1.29, 1.82) is 0 Å². The lowest BCUT2D eigenvalue weighted by Gasteiger charge is -2.35. The summed E-state index contributed by atoms with van der Waals surface area (Å²) in [6.45, 7) is 1.38. The van der Waals surface area contributed by atoms with Crippen molar-refractivity contribution in [2.75, 3.05) is 33.9 Å². The molecule has 0 aliphatic carbocycles. The third-order valence-corrected chi connectivity index (χ3v) is 4.12. The lowest BCUT2D eigenvalue weighted by Crippen LogP contribution is -2.52. The number of carbonyl (C=O) groups is 2. The summed E-state index contributed by atoms with van der Waals surface area (Å²) in [5.41, 5.74) is 0. The monoisotopic (exact) mass is 286 g/mol. The van der Waals surface area contributed by atoms with Gasteiger partial charge in [0.25, 0.3) is 0 Å². The molecule has 2 aliphatic heterocycles. The summed E-state index contributed by atoms with van der Waals surface area (Å²) in [6.07, 6.45) is 1.91. The van der Waals surface area contributed by atoms with Crippen molar-refractivity contribution in [3.05, 3.63) is 0 Å². The van der Waals surface area contributed by atoms with E-state index in [0.29, 0.717) is 26.1 Å². The van der Waals surface area contributed by atoms with Crippen molar-refractivity contribution in [3.8, 4) is 0 Å². The van der Waals surface area contributed by atoms with E-state index in [2.05, 4.69) is 0 Å². The molecule has 0 saturated carbocycles. The van der Waals surface area contributed by atoms with E-state index in [-0.39, 0.29) is 18.2 Å². The summed E-state index contributed by atoms with van der Waals surface area (Å²) in [4.78, 5) is 26.9. The van der Waals surface area contributed by atoms with Crippen molar-refractivity contribution < 1.29 is 24.2 Å². The molecule has 0 aromatic carbocycles. The molecule has 0 spiro atoms. The Hall–Kier alpha value is -1.34. The van der Waals surface area contributed by atoms with Crippen LogP contribution in [-0.4, -0.2) is 79.0 Å². The number of piperidine rings is 1. The fraction of sp³-hybridized carbons (Fsp3) is 0.846. The summed E-state index contributed by atoms with van der Waals surface area (Å²) in [6, 6.07) is -0.933. The van der Waals surface area contributed by atoms with Gasteiger partial charge in [0.1, 0.15) is 18.2 Å². The molecular weight excluding hydrogens is 264 g/mol. The zero-order chi connectivity index (χ0) is 14.7. The number of nitrogens with zero attached hydrogens (tertiary/aromatic N) is 2. The number of hydrogen-bond acceptors (Lipinski definition) is 4. The standard InChI is InChI=1S/C13H22N2O5/c1-19-10-7-14(8-11(10)20-2)13(18)15-6-4-3-5-9(15)12(16)17/h9-11H,3-8H2,1-2H3,(H,16,17). The van der Waals surface area contributed by atoms with Crippen LogP contribution in [0.2, 0.25) is 0 Å². The fourth-order valence-corrected chi connectivity index (χ4v) is 2.95. The number of rotatable bonds is 3. The van der Waals surface area contributed by atoms with E-state index in [1.165, 1.54) is 4.90 Å². The topological polar surface area (TPSA) is 79.3 Å². The van der Waals surface area contributed by atoms with Crippen LogP contribution in [0.3, 0.4) is 0 Å². The predicted molar refractivity (Wildman–Crippen MR) is 70.5 cm³/mol. The van der Waals surface area contributed by atoms with Crippen LogP contribution in [0.5, 0.6) is 0 Å². The van der Waals surface area contributed by atoms with Gasteiger partial charge in [-0.1, -0.05) is 0 Å². The molecule has 114 valence electrons. The molecule has 0 aromatic rings. The number of carboxylic acids is 1. The van der Waals surface area contributed by atoms with Crippen LogP contribution in [0.1, 0.15) is 19.3 Å². The van der Waals surface area contributed by atoms with Crippen molar-refractivity contribution >= 4 is 12.0 Å². The molecule has 0 aromatic heterocycles. The second-order valence-electron chi connectivity index (χ2n) is 5.28. The van der Waals surface area contributed by atoms with Gasteiger partial charge in [-0.05, 0) is 19.3 Å². The lowest BCUT2D eigenvalue weighted by atomic mass is 10.0. The number of urea groups is 1. The third kappa shape index (κ3) is 2.88. The first-order valence-electron chi connectivity index (χ1n) is 6.92. The number of hydrogen-bond donors (Lipinski definition) is 1. The Labute approximate surface area is 118 Å². The molecule has 2 aliphatic rings. The Morgan fingerprint density at radius 2 is 1.70 bits per heavy atom. The highest BCUT2D eigenvalue weighted by molar-refractivity contribution is 5.83. The Morgan fingerprint density at radius 1 is 1.10 bits per heavy atom. The molecule has 20 heavy (non-hydrogen) atoms. The minimum atomic E-state index is -0.927. The SMILES string of the molecule is COC1CN(C(=O)N2CCCCC2C(=O)O)CC1OC. The number of carboxylic acid groups (broad SMARTS) is 1. The summed E-state index contributed by atoms with van der Waals surface area (Å²) in [7, 11) is 3.18. The second kappa shape index (κ2) is 6.41. The maximum Gasteiger partial charge on any atom is 0.326 e. The quantitative estimate of drug-likeness (QED) is 0.812. The molecule has 7 nitrogen and oxygen atoms in total. The molecule has 2 rings (SSSR count). The average molecular weight is 286 g/mol. The van der Waals surface area contributed by atoms with Gasteiger partial charge in [0, 0.05) is 20.8 Å². The van der Waals surface area contributed by atoms with E-state index < -0.39 is 12.0 Å². The van der Waals surface area contributed by atoms with Crippen molar-refractivity contribution in [3.63, 3.8) is 0 Å². The molecule has 7 heteroatoms. The highest BCUT2D eigenvalue weighted by Gasteiger charge is 2.40. The minimum Gasteiger partial charge on any atom is -0.480 e. The lowest BCUT2D eigenvalue weighted by molar-refractivity contribution is -0.143. The summed E-state index contributed by atoms with van der Waals surface area (Å²) < 4.78 is 10.6. The summed E-state index contributed by atoms with van der Waals surface area (Å²) >= 11 is 0. The van der Waals surface area contributed by atoms with E-state index in [9.17, 15) is 14.7 Å². The largest absolute Gasteiger partial charge is 0.480 e. The van der Waals surface area contributed by atoms with Crippen LogP contribution in [0, 0.1) is 0 Å². The van der Waals surface area contributed by atoms with Gasteiger partial charge >= 0.3 is 12.0 Å². The number of likely N-dealkylation sites (tertiary alicyclic amines) is 2. The highest BCUT2D eigenvalue weighted by Crippen LogP contribution is 2.22. The Morgan fingerprint density at radius 3 is 2.20 bits per heavy atom. The molecule has 2 amide bonds. The van der Waals surface area contributed by atoms with Crippen LogP contribution in [0.15, 0.2) is 0 Å². The summed E-state index contributed by atoms with van der Waals surface area (Å²) in [5, 5.41) is 9.23. The van der Waals surface area contributed by atoms with Gasteiger partial charge in [-0.25, -0.2) is 9.59 Å². The van der Waals surface area contributed by atoms with Gasteiger partial charge in [-0.2, -0.15) is 0 Å². The Kier molecular flexibility index (Phi) is 4.82. The van der Waals surface area contributed by atoms with Crippen LogP contribution in [-0.2, 0) is 14.3 Å². The van der Waals surface area contributed by atoms with Gasteiger partial charge in [-0.15, -0.1) is 0 Å². The molecule has 3 atom stereocenters. The fourth-order valence-electron chi connectivity index (χ4n) is 2.95. The average Bonchev–Trinajstić information content (AvgIpc) is 2.89. The van der Waals surface area contributed by atoms with Crippen LogP contribution >= 0.6 is 0 Å². The first-order chi connectivity index (χ1) is 9.58. The van der Waals surface area contributed by atoms with E-state index in [1.54, 1.807) is 19.1 Å². The van der Waals surface area contributed by atoms with Gasteiger partial charge in [0.05, 0.1) is 13.1 Å². The normalized spacial score (nSPS) is 30.6. The highest BCUT2D eigenvalue weighted by atomic mass is 16.5. The van der Waals surface area contributed by atoms with Crippen LogP contribution < -0.4 is 0 Å². The number of aliphatic carboxylic acids is 1. The number of methoxy groups -OCH3 is 2. The molecule has 2 heterocycles. The zero-order valence-corrected chi connectivity index (χ0v) is 11.9. The van der Waals surface area contributed by atoms with Gasteiger partial charge in [-0.3, -0.25) is 0 Å². The molecule has 3 unspecified atom stereocenters. The second-order valence-corrected chi connectivity index (χ2v) is 5.28. The van der Waals surface area contributed by atoms with Crippen LogP contribution in [0.25, 0.3) is 0 Å². The van der Waals surface area contributed by atoms with E-state index in [1.807, 2.05) is 0 Å². The summed E-state index contributed by atoms with van der Waals surface area (Å²) in [5.74, 6) is -0.927. The zero-order valence-electron chi connectivity index (χ0n) is 11.9. The first kappa shape index (κ1) is 15.1. The van der Waals surface area contributed by atoms with Gasteiger partial charge in [0.2, 0.25) is 0 Å². The van der Waals surface area contributed by atoms with Crippen molar-refractivity contribution in [1.82, 2.24) is 9.80 Å². The van der Waals surface area contributed by atoms with Crippen molar-refractivity contribution in [2.24, 2.45) is 0 Å². The number of amides is 2. The molecule has 2 saturated heterocycles. The minimum absolute atomic E-state index is 0.156. The first-order valence-corrected chi connectivity index (χ1v) is 6.92. The number of ether oxygens (including phenoxy) is 2. The smallest absolute Gasteiger partial charge is 0.326 e. The molecular formula is C13H22N2O5. The predicted octanol–water partition coefficient (Wildman–Crippen LogP) is 0.391. The number of carbonyl (C=O) groups excluding carboxylic acids is 1. The molecule has 2 fully saturated rings. The third-order valence-electron chi connectivity index (χ3n) is 4.12. The molecule has 0 radical (unpaired) electrons. The maximum atomic E-state index is 12.5. The maximum absolute atomic E-state index is 12.5. The van der Waals surface area contributed by atoms with E-state index in [0.717, 1.165) is 12.8 Å². The molecule has 0 bridgehead atoms. The molecule has 1 N–H and O–H groups in total. The van der Waals surface area contributed by atoms with Crippen molar-refractivity contribution in [2.45, 2.75) is 37.5 Å².